The molecule has 1 amide bonds. The van der Waals surface area contributed by atoms with Crippen molar-refractivity contribution in [3.63, 3.8) is 0 Å². The number of amides is 1. The van der Waals surface area contributed by atoms with Crippen molar-refractivity contribution in [2.24, 2.45) is 0 Å². The second-order valence-electron chi connectivity index (χ2n) is 10.4. The quantitative estimate of drug-likeness (QED) is 0.0797. The molecule has 6 rings (SSSR count). The van der Waals surface area contributed by atoms with Gasteiger partial charge in [0.25, 0.3) is 26.0 Å². The highest BCUT2D eigenvalue weighted by molar-refractivity contribution is 7.93. The van der Waals surface area contributed by atoms with Crippen LogP contribution >= 0.6 is 0 Å². The zero-order valence-corrected chi connectivity index (χ0v) is 25.7. The second kappa shape index (κ2) is 12.5. The Hall–Kier alpha value is -5.49. The molecule has 0 heterocycles. The van der Waals surface area contributed by atoms with Gasteiger partial charge < -0.3 is 0 Å². The first-order valence-corrected chi connectivity index (χ1v) is 17.0. The van der Waals surface area contributed by atoms with Crippen molar-refractivity contribution in [2.75, 3.05) is 9.44 Å². The Morgan fingerprint density at radius 1 is 0.522 bits per heavy atom. The maximum atomic E-state index is 13.3. The summed E-state index contributed by atoms with van der Waals surface area (Å²) >= 11 is 0. The molecule has 0 fully saturated rings. The highest BCUT2D eigenvalue weighted by atomic mass is 32.2. The lowest BCUT2D eigenvalue weighted by Crippen LogP contribution is -2.16. The van der Waals surface area contributed by atoms with Gasteiger partial charge in [-0.3, -0.25) is 19.4 Å². The zero-order chi connectivity index (χ0) is 32.3. The fourth-order valence-corrected chi connectivity index (χ4v) is 7.26. The maximum Gasteiger partial charge on any atom is 0.267 e. The van der Waals surface area contributed by atoms with Crippen molar-refractivity contribution in [2.45, 2.75) is 9.79 Å². The molecule has 0 spiro atoms. The number of hydrogen-bond donors (Lipinski definition) is 4. The zero-order valence-electron chi connectivity index (χ0n) is 24.1. The first-order valence-electron chi connectivity index (χ1n) is 14.0. The third-order valence-corrected chi connectivity index (χ3v) is 10.1. The van der Waals surface area contributed by atoms with E-state index < -0.39 is 26.0 Å². The molecule has 230 valence electrons. The van der Waals surface area contributed by atoms with Gasteiger partial charge in [0.05, 0.1) is 9.79 Å². The van der Waals surface area contributed by atoms with Gasteiger partial charge in [0.1, 0.15) is 0 Å². The van der Waals surface area contributed by atoms with Crippen LogP contribution in [0.5, 0.6) is 0 Å². The van der Waals surface area contributed by atoms with E-state index in [2.05, 4.69) is 9.44 Å². The Bertz CT molecular complexity index is 2220. The lowest BCUT2D eigenvalue weighted by atomic mass is 9.96. The van der Waals surface area contributed by atoms with Crippen LogP contribution in [0.25, 0.3) is 27.1 Å². The first-order chi connectivity index (χ1) is 22.1. The van der Waals surface area contributed by atoms with Crippen LogP contribution in [0.3, 0.4) is 0 Å². The van der Waals surface area contributed by atoms with Crippen LogP contribution in [0, 0.1) is 0 Å². The van der Waals surface area contributed by atoms with E-state index in [4.69, 9.17) is 0 Å². The number of hydroxylamine groups is 1. The van der Waals surface area contributed by atoms with Gasteiger partial charge in [-0.25, -0.2) is 22.3 Å². The number of carbonyl (C=O) groups excluding carboxylic acids is 1. The fraction of sp³-hybridized carbons (Fsp3) is 0. The van der Waals surface area contributed by atoms with Gasteiger partial charge in [-0.15, -0.1) is 0 Å². The summed E-state index contributed by atoms with van der Waals surface area (Å²) in [4.78, 5) is 12.5. The van der Waals surface area contributed by atoms with Gasteiger partial charge in [-0.1, -0.05) is 84.9 Å². The summed E-state index contributed by atoms with van der Waals surface area (Å²) in [5, 5.41) is 12.6. The predicted molar refractivity (Wildman–Crippen MR) is 179 cm³/mol. The van der Waals surface area contributed by atoms with Crippen LogP contribution in [-0.4, -0.2) is 28.0 Å². The minimum atomic E-state index is -3.97. The first kappa shape index (κ1) is 30.5. The molecule has 0 aliphatic carbocycles. The number of fused-ring (bicyclic) bond motifs is 2. The Labute approximate surface area is 265 Å². The van der Waals surface area contributed by atoms with Gasteiger partial charge >= 0.3 is 0 Å². The van der Waals surface area contributed by atoms with Crippen molar-refractivity contribution in [3.8, 4) is 0 Å². The molecule has 0 aliphatic rings. The van der Waals surface area contributed by atoms with E-state index in [1.54, 1.807) is 78.3 Å². The van der Waals surface area contributed by atoms with E-state index in [0.717, 1.165) is 27.6 Å². The average molecular weight is 650 g/mol. The average Bonchev–Trinajstić information content (AvgIpc) is 3.06. The van der Waals surface area contributed by atoms with E-state index >= 15 is 0 Å². The van der Waals surface area contributed by atoms with Crippen LogP contribution in [0.2, 0.25) is 0 Å². The molecule has 0 radical (unpaired) electrons. The van der Waals surface area contributed by atoms with Crippen molar-refractivity contribution in [3.05, 3.63) is 151 Å². The molecule has 6 aromatic carbocycles. The molecule has 46 heavy (non-hydrogen) atoms. The Morgan fingerprint density at radius 3 is 1.39 bits per heavy atom. The summed E-state index contributed by atoms with van der Waals surface area (Å²) < 4.78 is 58.4. The molecular weight excluding hydrogens is 623 g/mol. The third-order valence-electron chi connectivity index (χ3n) is 7.30. The Balaban J connectivity index is 1.31. The molecule has 6 aromatic rings. The lowest BCUT2D eigenvalue weighted by molar-refractivity contribution is -0.124. The van der Waals surface area contributed by atoms with Crippen LogP contribution in [0.4, 0.5) is 11.4 Å². The summed E-state index contributed by atoms with van der Waals surface area (Å²) in [6.45, 7) is 0. The van der Waals surface area contributed by atoms with E-state index in [1.807, 2.05) is 48.5 Å². The standard InChI is InChI=1S/C35H27N3O6S2/c39-35(36-40)23-34(28-11-5-13-30(19-28)37-45(41,42)32-17-15-24-7-1-3-9-26(24)21-32)29-12-6-14-31(20-29)38-46(43,44)33-18-16-25-8-2-4-10-27(25)22-33/h1-23,37-38,40H,(H,36,39). The van der Waals surface area contributed by atoms with E-state index in [1.165, 1.54) is 12.1 Å². The van der Waals surface area contributed by atoms with Crippen molar-refractivity contribution < 1.29 is 26.8 Å². The molecule has 0 saturated heterocycles. The van der Waals surface area contributed by atoms with Crippen molar-refractivity contribution in [1.82, 2.24) is 5.48 Å². The third kappa shape index (κ3) is 6.61. The van der Waals surface area contributed by atoms with Gasteiger partial charge in [0, 0.05) is 17.5 Å². The molecule has 4 N–H and O–H groups in total. The van der Waals surface area contributed by atoms with E-state index in [-0.39, 0.29) is 21.2 Å². The topological polar surface area (TPSA) is 142 Å². The summed E-state index contributed by atoms with van der Waals surface area (Å²) in [6, 6.07) is 37.3. The molecule has 11 heteroatoms. The molecule has 0 saturated carbocycles. The number of nitrogens with one attached hydrogen (secondary N) is 3. The highest BCUT2D eigenvalue weighted by Crippen LogP contribution is 2.30. The molecule has 0 aromatic heterocycles. The summed E-state index contributed by atoms with van der Waals surface area (Å²) in [7, 11) is -7.94. The molecular formula is C35H27N3O6S2. The van der Waals surface area contributed by atoms with E-state index in [9.17, 15) is 26.8 Å². The Kier molecular flexibility index (Phi) is 8.29. The van der Waals surface area contributed by atoms with Gasteiger partial charge in [0.2, 0.25) is 0 Å². The Morgan fingerprint density at radius 2 is 0.957 bits per heavy atom. The predicted octanol–water partition coefficient (Wildman–Crippen LogP) is 6.53. The number of anilines is 2. The van der Waals surface area contributed by atoms with Gasteiger partial charge in [-0.05, 0) is 86.8 Å². The fourth-order valence-electron chi connectivity index (χ4n) is 5.09. The molecule has 0 bridgehead atoms. The number of benzene rings is 6. The SMILES string of the molecule is O=C(C=C(c1cccc(NS(=O)(=O)c2ccc3ccccc3c2)c1)c1cccc(NS(=O)(=O)c2ccc3ccccc3c2)c1)NO. The second-order valence-corrected chi connectivity index (χ2v) is 13.8. The summed E-state index contributed by atoms with van der Waals surface area (Å²) in [6.07, 6.45) is 1.13. The summed E-state index contributed by atoms with van der Waals surface area (Å²) in [5.41, 5.74) is 3.19. The van der Waals surface area contributed by atoms with Crippen molar-refractivity contribution >= 4 is 64.4 Å². The van der Waals surface area contributed by atoms with E-state index in [0.29, 0.717) is 16.7 Å². The molecule has 0 atom stereocenters. The summed E-state index contributed by atoms with van der Waals surface area (Å²) in [5.74, 6) is -0.834. The number of sulfonamides is 2. The van der Waals surface area contributed by atoms with Crippen LogP contribution in [-0.2, 0) is 24.8 Å². The van der Waals surface area contributed by atoms with Gasteiger partial charge in [-0.2, -0.15) is 0 Å². The minimum Gasteiger partial charge on any atom is -0.288 e. The van der Waals surface area contributed by atoms with Crippen molar-refractivity contribution in [1.29, 1.82) is 0 Å². The number of rotatable bonds is 9. The molecule has 0 aliphatic heterocycles. The smallest absolute Gasteiger partial charge is 0.267 e. The van der Waals surface area contributed by atoms with Crippen LogP contribution in [0.15, 0.2) is 149 Å². The largest absolute Gasteiger partial charge is 0.288 e. The highest BCUT2D eigenvalue weighted by Gasteiger charge is 2.18. The van der Waals surface area contributed by atoms with Gasteiger partial charge in [0.15, 0.2) is 0 Å². The molecule has 9 nitrogen and oxygen atoms in total. The lowest BCUT2D eigenvalue weighted by Gasteiger charge is -2.14. The minimum absolute atomic E-state index is 0.0819. The maximum absolute atomic E-state index is 13.3. The number of carbonyl (C=O) groups is 1. The van der Waals surface area contributed by atoms with Crippen LogP contribution < -0.4 is 14.9 Å². The monoisotopic (exact) mass is 649 g/mol. The normalized spacial score (nSPS) is 11.6. The number of hydrogen-bond acceptors (Lipinski definition) is 6. The molecule has 0 unspecified atom stereocenters. The van der Waals surface area contributed by atoms with Crippen LogP contribution in [0.1, 0.15) is 11.1 Å².